The summed E-state index contributed by atoms with van der Waals surface area (Å²) in [5, 5.41) is 2.74. The highest BCUT2D eigenvalue weighted by molar-refractivity contribution is 5.82. The second-order valence-corrected chi connectivity index (χ2v) is 5.44. The fraction of sp³-hybridized carbons (Fsp3) is 0.278. The Labute approximate surface area is 139 Å². The SMILES string of the molecule is CC(NC(=O)[C@@H](N)Cc1ccccc1)c1ccccc1OC(F)F. The van der Waals surface area contributed by atoms with Crippen molar-refractivity contribution in [2.24, 2.45) is 5.73 Å². The number of rotatable bonds is 7. The van der Waals surface area contributed by atoms with Crippen LogP contribution in [0.1, 0.15) is 24.1 Å². The molecular weight excluding hydrogens is 314 g/mol. The van der Waals surface area contributed by atoms with Gasteiger partial charge in [0.2, 0.25) is 5.91 Å². The van der Waals surface area contributed by atoms with Gasteiger partial charge in [-0.3, -0.25) is 4.79 Å². The Balaban J connectivity index is 2.01. The number of carbonyl (C=O) groups is 1. The molecule has 24 heavy (non-hydrogen) atoms. The van der Waals surface area contributed by atoms with E-state index in [1.807, 2.05) is 30.3 Å². The van der Waals surface area contributed by atoms with Gasteiger partial charge in [0, 0.05) is 5.56 Å². The van der Waals surface area contributed by atoms with E-state index in [9.17, 15) is 13.6 Å². The normalized spacial score (nSPS) is 13.4. The zero-order valence-electron chi connectivity index (χ0n) is 13.3. The maximum Gasteiger partial charge on any atom is 0.387 e. The molecule has 3 N–H and O–H groups in total. The number of amides is 1. The van der Waals surface area contributed by atoms with Crippen LogP contribution in [0.25, 0.3) is 0 Å². The Morgan fingerprint density at radius 1 is 1.12 bits per heavy atom. The van der Waals surface area contributed by atoms with E-state index in [1.165, 1.54) is 6.07 Å². The van der Waals surface area contributed by atoms with Crippen molar-refractivity contribution in [3.8, 4) is 5.75 Å². The Kier molecular flexibility index (Phi) is 6.26. The summed E-state index contributed by atoms with van der Waals surface area (Å²) in [5.41, 5.74) is 7.35. The second kappa shape index (κ2) is 8.40. The van der Waals surface area contributed by atoms with Crippen molar-refractivity contribution in [3.63, 3.8) is 0 Å². The van der Waals surface area contributed by atoms with Gasteiger partial charge in [-0.1, -0.05) is 48.5 Å². The molecule has 0 fully saturated rings. The molecule has 0 aliphatic carbocycles. The largest absolute Gasteiger partial charge is 0.434 e. The molecule has 0 saturated carbocycles. The molecule has 2 aromatic rings. The van der Waals surface area contributed by atoms with Gasteiger partial charge >= 0.3 is 6.61 Å². The highest BCUT2D eigenvalue weighted by Crippen LogP contribution is 2.26. The van der Waals surface area contributed by atoms with Gasteiger partial charge in [-0.25, -0.2) is 0 Å². The van der Waals surface area contributed by atoms with Crippen molar-refractivity contribution in [3.05, 3.63) is 65.7 Å². The molecule has 1 unspecified atom stereocenters. The van der Waals surface area contributed by atoms with Crippen molar-refractivity contribution in [2.75, 3.05) is 0 Å². The van der Waals surface area contributed by atoms with Gasteiger partial charge in [-0.2, -0.15) is 8.78 Å². The maximum absolute atomic E-state index is 12.5. The van der Waals surface area contributed by atoms with Crippen molar-refractivity contribution in [2.45, 2.75) is 32.0 Å². The first-order valence-corrected chi connectivity index (χ1v) is 7.61. The number of alkyl halides is 2. The summed E-state index contributed by atoms with van der Waals surface area (Å²) < 4.78 is 29.4. The number of carbonyl (C=O) groups excluding carboxylic acids is 1. The van der Waals surface area contributed by atoms with Crippen molar-refractivity contribution in [1.82, 2.24) is 5.32 Å². The smallest absolute Gasteiger partial charge is 0.387 e. The van der Waals surface area contributed by atoms with Gasteiger partial charge < -0.3 is 15.8 Å². The van der Waals surface area contributed by atoms with Crippen LogP contribution in [-0.2, 0) is 11.2 Å². The fourth-order valence-electron chi connectivity index (χ4n) is 2.40. The third-order valence-corrected chi connectivity index (χ3v) is 3.60. The molecule has 2 aromatic carbocycles. The number of ether oxygens (including phenoxy) is 1. The zero-order chi connectivity index (χ0) is 17.5. The number of nitrogens with one attached hydrogen (secondary N) is 1. The molecule has 0 heterocycles. The van der Waals surface area contributed by atoms with E-state index in [2.05, 4.69) is 10.1 Å². The minimum atomic E-state index is -2.92. The van der Waals surface area contributed by atoms with Gasteiger partial charge in [0.15, 0.2) is 0 Å². The maximum atomic E-state index is 12.5. The predicted molar refractivity (Wildman–Crippen MR) is 87.8 cm³/mol. The average Bonchev–Trinajstić information content (AvgIpc) is 2.55. The number of hydrogen-bond acceptors (Lipinski definition) is 3. The molecule has 2 rings (SSSR count). The summed E-state index contributed by atoms with van der Waals surface area (Å²) in [4.78, 5) is 12.2. The molecule has 0 spiro atoms. The number of hydrogen-bond donors (Lipinski definition) is 2. The standard InChI is InChI=1S/C18H20F2N2O2/c1-12(14-9-5-6-10-16(14)24-18(19)20)22-17(23)15(21)11-13-7-3-2-4-8-13/h2-10,12,15,18H,11,21H2,1H3,(H,22,23)/t12?,15-/m0/s1. The molecule has 0 aliphatic heterocycles. The number of benzene rings is 2. The lowest BCUT2D eigenvalue weighted by Crippen LogP contribution is -2.43. The molecule has 0 bridgehead atoms. The van der Waals surface area contributed by atoms with E-state index < -0.39 is 18.7 Å². The summed E-state index contributed by atoms with van der Waals surface area (Å²) in [5.74, 6) is -0.310. The third kappa shape index (κ3) is 5.03. The number of para-hydroxylation sites is 1. The van der Waals surface area contributed by atoms with E-state index in [0.717, 1.165) is 5.56 Å². The lowest BCUT2D eigenvalue weighted by atomic mass is 10.0. The van der Waals surface area contributed by atoms with Crippen LogP contribution in [0.3, 0.4) is 0 Å². The monoisotopic (exact) mass is 334 g/mol. The molecule has 0 saturated heterocycles. The summed E-state index contributed by atoms with van der Waals surface area (Å²) in [6.45, 7) is -1.23. The second-order valence-electron chi connectivity index (χ2n) is 5.44. The van der Waals surface area contributed by atoms with E-state index in [-0.39, 0.29) is 11.7 Å². The Hall–Kier alpha value is -2.47. The predicted octanol–water partition coefficient (Wildman–Crippen LogP) is 3.04. The van der Waals surface area contributed by atoms with Crippen LogP contribution < -0.4 is 15.8 Å². The number of nitrogens with two attached hydrogens (primary N) is 1. The van der Waals surface area contributed by atoms with E-state index in [0.29, 0.717) is 12.0 Å². The van der Waals surface area contributed by atoms with Crippen LogP contribution in [0.5, 0.6) is 5.75 Å². The summed E-state index contributed by atoms with van der Waals surface area (Å²) in [6.07, 6.45) is 0.397. The van der Waals surface area contributed by atoms with Crippen molar-refractivity contribution >= 4 is 5.91 Å². The Morgan fingerprint density at radius 3 is 2.42 bits per heavy atom. The molecule has 1 amide bonds. The average molecular weight is 334 g/mol. The molecule has 0 radical (unpaired) electrons. The Morgan fingerprint density at radius 2 is 1.75 bits per heavy atom. The third-order valence-electron chi connectivity index (χ3n) is 3.60. The lowest BCUT2D eigenvalue weighted by Gasteiger charge is -2.20. The van der Waals surface area contributed by atoms with Crippen LogP contribution in [0.15, 0.2) is 54.6 Å². The molecule has 6 heteroatoms. The molecular formula is C18H20F2N2O2. The summed E-state index contributed by atoms with van der Waals surface area (Å²) in [6, 6.07) is 14.5. The summed E-state index contributed by atoms with van der Waals surface area (Å²) >= 11 is 0. The zero-order valence-corrected chi connectivity index (χ0v) is 13.3. The molecule has 0 aliphatic rings. The van der Waals surface area contributed by atoms with Gasteiger partial charge in [-0.15, -0.1) is 0 Å². The number of halogens is 2. The summed E-state index contributed by atoms with van der Waals surface area (Å²) in [7, 11) is 0. The lowest BCUT2D eigenvalue weighted by molar-refractivity contribution is -0.123. The molecule has 2 atom stereocenters. The first-order valence-electron chi connectivity index (χ1n) is 7.61. The first kappa shape index (κ1) is 17.9. The first-order chi connectivity index (χ1) is 11.5. The molecule has 128 valence electrons. The van der Waals surface area contributed by atoms with Gasteiger partial charge in [0.25, 0.3) is 0 Å². The minimum absolute atomic E-state index is 0.0388. The van der Waals surface area contributed by atoms with Gasteiger partial charge in [0.1, 0.15) is 5.75 Å². The van der Waals surface area contributed by atoms with Gasteiger partial charge in [0.05, 0.1) is 12.1 Å². The Bertz CT molecular complexity index is 665. The van der Waals surface area contributed by atoms with Crippen molar-refractivity contribution in [1.29, 1.82) is 0 Å². The fourth-order valence-corrected chi connectivity index (χ4v) is 2.40. The van der Waals surface area contributed by atoms with Crippen molar-refractivity contribution < 1.29 is 18.3 Å². The van der Waals surface area contributed by atoms with E-state index in [4.69, 9.17) is 5.73 Å². The highest BCUT2D eigenvalue weighted by atomic mass is 19.3. The van der Waals surface area contributed by atoms with Gasteiger partial charge in [-0.05, 0) is 25.0 Å². The van der Waals surface area contributed by atoms with Crippen LogP contribution >= 0.6 is 0 Å². The molecule has 0 aromatic heterocycles. The van der Waals surface area contributed by atoms with E-state index in [1.54, 1.807) is 25.1 Å². The van der Waals surface area contributed by atoms with Crippen LogP contribution in [-0.4, -0.2) is 18.6 Å². The quantitative estimate of drug-likeness (QED) is 0.818. The molecule has 4 nitrogen and oxygen atoms in total. The van der Waals surface area contributed by atoms with Crippen LogP contribution in [0.4, 0.5) is 8.78 Å². The van der Waals surface area contributed by atoms with Crippen LogP contribution in [0.2, 0.25) is 0 Å². The minimum Gasteiger partial charge on any atom is -0.434 e. The van der Waals surface area contributed by atoms with E-state index >= 15 is 0 Å². The van der Waals surface area contributed by atoms with Crippen LogP contribution in [0, 0.1) is 0 Å². The highest BCUT2D eigenvalue weighted by Gasteiger charge is 2.20. The topological polar surface area (TPSA) is 64.4 Å².